The quantitative estimate of drug-likeness (QED) is 0.396. The van der Waals surface area contributed by atoms with Crippen LogP contribution in [0.5, 0.6) is 0 Å². The summed E-state index contributed by atoms with van der Waals surface area (Å²) in [5, 5.41) is 18.7. The largest absolute Gasteiger partial charge is 0.480 e. The fraction of sp³-hybridized carbons (Fsp3) is 0.516. The molecule has 1 N–H and O–H groups in total. The van der Waals surface area contributed by atoms with Crippen LogP contribution < -0.4 is 0 Å². The third-order valence-electron chi connectivity index (χ3n) is 8.84. The van der Waals surface area contributed by atoms with Crippen molar-refractivity contribution in [3.63, 3.8) is 0 Å². The number of hydrogen-bond donors (Lipinski definition) is 1. The number of likely N-dealkylation sites (tertiary alicyclic amines) is 2. The second-order valence-electron chi connectivity index (χ2n) is 11.7. The summed E-state index contributed by atoms with van der Waals surface area (Å²) >= 11 is 0. The number of aromatic nitrogens is 2. The fourth-order valence-corrected chi connectivity index (χ4v) is 6.50. The predicted molar refractivity (Wildman–Crippen MR) is 145 cm³/mol. The fourth-order valence-electron chi connectivity index (χ4n) is 6.50. The lowest BCUT2D eigenvalue weighted by molar-refractivity contribution is -0.143. The van der Waals surface area contributed by atoms with Gasteiger partial charge in [-0.3, -0.25) is 9.69 Å². The highest BCUT2D eigenvalue weighted by Gasteiger charge is 2.42. The first kappa shape index (κ1) is 26.1. The molecule has 3 aliphatic rings. The molecule has 1 saturated carbocycles. The van der Waals surface area contributed by atoms with E-state index in [4.69, 9.17) is 4.42 Å². The second-order valence-corrected chi connectivity index (χ2v) is 11.7. The number of nitrogens with zero attached hydrogens (tertiary/aromatic N) is 4. The molecule has 8 heteroatoms. The summed E-state index contributed by atoms with van der Waals surface area (Å²) in [5.74, 6) is 1.59. The van der Waals surface area contributed by atoms with Crippen molar-refractivity contribution in [2.24, 2.45) is 11.8 Å². The van der Waals surface area contributed by atoms with Crippen molar-refractivity contribution in [2.45, 2.75) is 56.4 Å². The van der Waals surface area contributed by atoms with Crippen LogP contribution in [0.4, 0.5) is 4.39 Å². The third-order valence-corrected chi connectivity index (χ3v) is 8.84. The Morgan fingerprint density at radius 3 is 2.54 bits per heavy atom. The molecule has 3 atom stereocenters. The lowest BCUT2D eigenvalue weighted by atomic mass is 9.87. The Kier molecular flexibility index (Phi) is 7.75. The van der Waals surface area contributed by atoms with E-state index in [1.54, 1.807) is 12.1 Å². The minimum atomic E-state index is -0.729. The van der Waals surface area contributed by atoms with Crippen LogP contribution in [-0.4, -0.2) is 69.8 Å². The van der Waals surface area contributed by atoms with Crippen molar-refractivity contribution < 1.29 is 18.7 Å². The number of aliphatic carboxylic acids is 1. The van der Waals surface area contributed by atoms with Crippen LogP contribution >= 0.6 is 0 Å². The molecule has 2 aromatic carbocycles. The van der Waals surface area contributed by atoms with Crippen LogP contribution in [0.2, 0.25) is 0 Å². The highest BCUT2D eigenvalue weighted by molar-refractivity contribution is 5.73. The molecule has 3 aromatic rings. The van der Waals surface area contributed by atoms with Gasteiger partial charge in [0.15, 0.2) is 0 Å². The van der Waals surface area contributed by atoms with Crippen LogP contribution in [-0.2, 0) is 11.2 Å². The standard InChI is InChI=1S/C31H37FN4O3/c32-26-8-4-7-24(17-26)27-20-36(28(31(37)38)15-22-9-10-22)19-25(27)18-35-13-11-23(12-14-35)30-34-33-29(39-30)16-21-5-2-1-3-6-21/h1-8,17,22-23,25,27-28H,9-16,18-20H2,(H,37,38)/t25-,27+,28+/m0/s1. The summed E-state index contributed by atoms with van der Waals surface area (Å²) in [6.45, 7) is 4.14. The van der Waals surface area contributed by atoms with Gasteiger partial charge in [-0.25, -0.2) is 4.39 Å². The molecule has 0 amide bonds. The average molecular weight is 533 g/mol. The molecule has 0 unspecified atom stereocenters. The summed E-state index contributed by atoms with van der Waals surface area (Å²) in [6, 6.07) is 16.6. The maximum Gasteiger partial charge on any atom is 0.320 e. The number of halogens is 1. The summed E-state index contributed by atoms with van der Waals surface area (Å²) in [7, 11) is 0. The average Bonchev–Trinajstić information content (AvgIpc) is 3.49. The van der Waals surface area contributed by atoms with Gasteiger partial charge in [0.25, 0.3) is 0 Å². The monoisotopic (exact) mass is 532 g/mol. The van der Waals surface area contributed by atoms with Gasteiger partial charge in [0.05, 0.1) is 6.42 Å². The minimum Gasteiger partial charge on any atom is -0.480 e. The van der Waals surface area contributed by atoms with Crippen molar-refractivity contribution in [2.75, 3.05) is 32.7 Å². The number of rotatable bonds is 10. The molecule has 39 heavy (non-hydrogen) atoms. The van der Waals surface area contributed by atoms with Gasteiger partial charge >= 0.3 is 5.97 Å². The molecular weight excluding hydrogens is 495 g/mol. The van der Waals surface area contributed by atoms with Crippen molar-refractivity contribution in [1.82, 2.24) is 20.0 Å². The van der Waals surface area contributed by atoms with E-state index in [2.05, 4.69) is 32.1 Å². The Hall–Kier alpha value is -3.10. The van der Waals surface area contributed by atoms with E-state index in [9.17, 15) is 14.3 Å². The molecule has 2 saturated heterocycles. The number of carboxylic acid groups (broad SMARTS) is 1. The molecule has 7 nitrogen and oxygen atoms in total. The van der Waals surface area contributed by atoms with Crippen molar-refractivity contribution in [1.29, 1.82) is 0 Å². The first-order valence-corrected chi connectivity index (χ1v) is 14.3. The van der Waals surface area contributed by atoms with Crippen molar-refractivity contribution >= 4 is 5.97 Å². The number of benzene rings is 2. The molecule has 0 spiro atoms. The van der Waals surface area contributed by atoms with Crippen LogP contribution in [0.15, 0.2) is 59.0 Å². The number of carboxylic acids is 1. The number of hydrogen-bond acceptors (Lipinski definition) is 6. The summed E-state index contributed by atoms with van der Waals surface area (Å²) in [4.78, 5) is 16.8. The molecule has 6 rings (SSSR count). The highest BCUT2D eigenvalue weighted by atomic mass is 19.1. The number of piperidine rings is 1. The summed E-state index contributed by atoms with van der Waals surface area (Å²) in [5.41, 5.74) is 2.13. The van der Waals surface area contributed by atoms with E-state index in [1.807, 2.05) is 24.3 Å². The van der Waals surface area contributed by atoms with Gasteiger partial charge in [-0.05, 0) is 67.4 Å². The van der Waals surface area contributed by atoms with Crippen molar-refractivity contribution in [3.05, 3.63) is 83.3 Å². The van der Waals surface area contributed by atoms with Gasteiger partial charge < -0.3 is 14.4 Å². The highest BCUT2D eigenvalue weighted by Crippen LogP contribution is 2.40. The topological polar surface area (TPSA) is 82.7 Å². The maximum absolute atomic E-state index is 14.2. The van der Waals surface area contributed by atoms with Gasteiger partial charge in [-0.2, -0.15) is 0 Å². The Morgan fingerprint density at radius 1 is 1.03 bits per heavy atom. The Morgan fingerprint density at radius 2 is 1.82 bits per heavy atom. The predicted octanol–water partition coefficient (Wildman–Crippen LogP) is 4.95. The maximum atomic E-state index is 14.2. The molecule has 3 heterocycles. The molecule has 1 aromatic heterocycles. The second kappa shape index (κ2) is 11.6. The first-order valence-electron chi connectivity index (χ1n) is 14.3. The van der Waals surface area contributed by atoms with E-state index in [-0.39, 0.29) is 23.6 Å². The molecule has 0 bridgehead atoms. The molecule has 0 radical (unpaired) electrons. The van der Waals surface area contributed by atoms with E-state index >= 15 is 0 Å². The summed E-state index contributed by atoms with van der Waals surface area (Å²) in [6.07, 6.45) is 5.54. The van der Waals surface area contributed by atoms with E-state index in [1.165, 1.54) is 6.07 Å². The minimum absolute atomic E-state index is 0.121. The lowest BCUT2D eigenvalue weighted by Gasteiger charge is -2.33. The SMILES string of the molecule is O=C(O)[C@@H](CC1CC1)N1C[C@H](CN2CCC(c3nnc(Cc4ccccc4)o3)CC2)[C@@H](c2cccc(F)c2)C1. The van der Waals surface area contributed by atoms with Crippen molar-refractivity contribution in [3.8, 4) is 0 Å². The van der Waals surface area contributed by atoms with Crippen LogP contribution in [0, 0.1) is 17.7 Å². The Labute approximate surface area is 229 Å². The van der Waals surface area contributed by atoms with Crippen LogP contribution in [0.1, 0.15) is 66.8 Å². The normalized spacial score (nSPS) is 23.7. The molecular formula is C31H37FN4O3. The van der Waals surface area contributed by atoms with Gasteiger partial charge in [-0.1, -0.05) is 55.3 Å². The van der Waals surface area contributed by atoms with Gasteiger partial charge in [0.1, 0.15) is 11.9 Å². The van der Waals surface area contributed by atoms with Gasteiger partial charge in [0, 0.05) is 31.5 Å². The number of carbonyl (C=O) groups is 1. The zero-order valence-corrected chi connectivity index (χ0v) is 22.3. The first-order chi connectivity index (χ1) is 19.0. The smallest absolute Gasteiger partial charge is 0.320 e. The molecule has 2 aliphatic heterocycles. The van der Waals surface area contributed by atoms with E-state index in [0.29, 0.717) is 24.8 Å². The van der Waals surface area contributed by atoms with E-state index in [0.717, 1.165) is 75.3 Å². The van der Waals surface area contributed by atoms with Gasteiger partial charge in [0.2, 0.25) is 11.8 Å². The lowest BCUT2D eigenvalue weighted by Crippen LogP contribution is -2.41. The van der Waals surface area contributed by atoms with E-state index < -0.39 is 12.0 Å². The zero-order valence-electron chi connectivity index (χ0n) is 22.3. The Bertz CT molecular complexity index is 1260. The molecule has 3 fully saturated rings. The molecule has 206 valence electrons. The van der Waals surface area contributed by atoms with Gasteiger partial charge in [-0.15, -0.1) is 10.2 Å². The summed E-state index contributed by atoms with van der Waals surface area (Å²) < 4.78 is 20.2. The zero-order chi connectivity index (χ0) is 26.8. The Balaban J connectivity index is 1.09. The third kappa shape index (κ3) is 6.39. The van der Waals surface area contributed by atoms with Crippen LogP contribution in [0.25, 0.3) is 0 Å². The van der Waals surface area contributed by atoms with Crippen LogP contribution in [0.3, 0.4) is 0 Å². The molecule has 1 aliphatic carbocycles.